The van der Waals surface area contributed by atoms with Crippen LogP contribution in [0, 0.1) is 20.8 Å². The van der Waals surface area contributed by atoms with Crippen molar-refractivity contribution in [1.82, 2.24) is 24.9 Å². The standard InChI is InChI=1S/C25H27FN6O4/c1-12-6-7-15(21-29-23(36-31-21)16-9-17(16)26)8-18(12)28-22(33)19-10-27-24(35-19)20-13(2)30-32(14(20)3)11-25(4,5)34/h6-8,10,16-17,34H,9,11H2,1-5H3,(H,28,33)/t16-,17-/m0/s1. The van der Waals surface area contributed by atoms with Gasteiger partial charge in [0.2, 0.25) is 23.4 Å². The normalized spacial score (nSPS) is 17.4. The van der Waals surface area contributed by atoms with Gasteiger partial charge >= 0.3 is 0 Å². The molecule has 1 fully saturated rings. The molecule has 0 aliphatic heterocycles. The zero-order valence-electron chi connectivity index (χ0n) is 20.7. The van der Waals surface area contributed by atoms with Crippen molar-refractivity contribution in [3.63, 3.8) is 0 Å². The molecule has 1 amide bonds. The van der Waals surface area contributed by atoms with Crippen LogP contribution < -0.4 is 5.32 Å². The molecule has 10 nitrogen and oxygen atoms in total. The smallest absolute Gasteiger partial charge is 0.293 e. The Morgan fingerprint density at radius 3 is 2.75 bits per heavy atom. The van der Waals surface area contributed by atoms with E-state index < -0.39 is 17.7 Å². The number of carbonyl (C=O) groups is 1. The molecular formula is C25H27FN6O4. The summed E-state index contributed by atoms with van der Waals surface area (Å²) in [5.41, 5.74) is 3.19. The number of anilines is 1. The minimum absolute atomic E-state index is 0.0356. The van der Waals surface area contributed by atoms with Gasteiger partial charge in [-0.05, 0) is 52.7 Å². The number of alkyl halides is 1. The second-order valence-electron chi connectivity index (χ2n) is 9.84. The summed E-state index contributed by atoms with van der Waals surface area (Å²) in [5, 5.41) is 21.4. The molecule has 0 radical (unpaired) electrons. The van der Waals surface area contributed by atoms with Crippen LogP contribution in [-0.2, 0) is 6.54 Å². The van der Waals surface area contributed by atoms with Crippen LogP contribution in [0.5, 0.6) is 0 Å². The van der Waals surface area contributed by atoms with Gasteiger partial charge in [0, 0.05) is 16.9 Å². The summed E-state index contributed by atoms with van der Waals surface area (Å²) < 4.78 is 26.0. The lowest BCUT2D eigenvalue weighted by atomic mass is 10.1. The lowest BCUT2D eigenvalue weighted by molar-refractivity contribution is 0.0570. The lowest BCUT2D eigenvalue weighted by Crippen LogP contribution is -2.27. The molecule has 4 aromatic rings. The van der Waals surface area contributed by atoms with Crippen LogP contribution >= 0.6 is 0 Å². The number of aliphatic hydroxyl groups is 1. The Balaban J connectivity index is 1.35. The fourth-order valence-electron chi connectivity index (χ4n) is 4.02. The molecule has 36 heavy (non-hydrogen) atoms. The maximum absolute atomic E-state index is 13.3. The van der Waals surface area contributed by atoms with Gasteiger partial charge in [0.25, 0.3) is 5.91 Å². The molecule has 3 heterocycles. The Hall–Kier alpha value is -3.86. The van der Waals surface area contributed by atoms with Crippen LogP contribution in [0.3, 0.4) is 0 Å². The molecule has 11 heteroatoms. The third kappa shape index (κ3) is 4.66. The largest absolute Gasteiger partial charge is 0.431 e. The minimum Gasteiger partial charge on any atom is -0.431 e. The van der Waals surface area contributed by atoms with Crippen molar-refractivity contribution < 1.29 is 23.2 Å². The van der Waals surface area contributed by atoms with Gasteiger partial charge in [-0.2, -0.15) is 10.1 Å². The van der Waals surface area contributed by atoms with E-state index in [0.29, 0.717) is 41.3 Å². The highest BCUT2D eigenvalue weighted by Gasteiger charge is 2.43. The Kier molecular flexibility index (Phi) is 5.74. The van der Waals surface area contributed by atoms with E-state index in [-0.39, 0.29) is 23.5 Å². The van der Waals surface area contributed by atoms with Gasteiger partial charge in [0.15, 0.2) is 0 Å². The van der Waals surface area contributed by atoms with Crippen molar-refractivity contribution in [3.8, 4) is 22.8 Å². The predicted octanol–water partition coefficient (Wildman–Crippen LogP) is 4.36. The second kappa shape index (κ2) is 8.66. The van der Waals surface area contributed by atoms with Crippen LogP contribution in [0.25, 0.3) is 22.8 Å². The van der Waals surface area contributed by atoms with Crippen LogP contribution in [0.15, 0.2) is 33.3 Å². The average molecular weight is 495 g/mol. The monoisotopic (exact) mass is 494 g/mol. The molecule has 0 bridgehead atoms. The second-order valence-corrected chi connectivity index (χ2v) is 9.84. The number of aryl methyl sites for hydroxylation is 2. The number of hydrogen-bond acceptors (Lipinski definition) is 8. The highest BCUT2D eigenvalue weighted by molar-refractivity contribution is 6.03. The molecule has 0 unspecified atom stereocenters. The Morgan fingerprint density at radius 2 is 2.06 bits per heavy atom. The van der Waals surface area contributed by atoms with E-state index in [1.165, 1.54) is 6.20 Å². The Bertz CT molecular complexity index is 1450. The van der Waals surface area contributed by atoms with E-state index in [1.807, 2.05) is 32.9 Å². The lowest BCUT2D eigenvalue weighted by Gasteiger charge is -2.17. The fraction of sp³-hybridized carbons (Fsp3) is 0.400. The fourth-order valence-corrected chi connectivity index (χ4v) is 4.02. The minimum atomic E-state index is -0.939. The first-order valence-electron chi connectivity index (χ1n) is 11.6. The molecule has 188 valence electrons. The van der Waals surface area contributed by atoms with Crippen LogP contribution in [0.2, 0.25) is 0 Å². The topological polar surface area (TPSA) is 132 Å². The number of benzene rings is 1. The molecule has 1 aromatic carbocycles. The van der Waals surface area contributed by atoms with Crippen LogP contribution in [0.1, 0.15) is 59.6 Å². The van der Waals surface area contributed by atoms with Crippen molar-refractivity contribution in [2.45, 2.75) is 65.3 Å². The molecule has 0 saturated heterocycles. The van der Waals surface area contributed by atoms with E-state index in [2.05, 4.69) is 25.5 Å². The molecule has 2 N–H and O–H groups in total. The van der Waals surface area contributed by atoms with E-state index in [9.17, 15) is 14.3 Å². The van der Waals surface area contributed by atoms with Crippen molar-refractivity contribution in [2.24, 2.45) is 0 Å². The predicted molar refractivity (Wildman–Crippen MR) is 128 cm³/mol. The van der Waals surface area contributed by atoms with E-state index in [4.69, 9.17) is 8.94 Å². The first-order chi connectivity index (χ1) is 17.0. The Labute approximate surface area is 206 Å². The first-order valence-corrected chi connectivity index (χ1v) is 11.6. The quantitative estimate of drug-likeness (QED) is 0.387. The first kappa shape index (κ1) is 23.9. The molecule has 1 aliphatic carbocycles. The van der Waals surface area contributed by atoms with Gasteiger partial charge in [-0.25, -0.2) is 9.37 Å². The number of carbonyl (C=O) groups excluding carboxylic acids is 1. The number of hydrogen-bond donors (Lipinski definition) is 2. The zero-order chi connectivity index (χ0) is 25.8. The van der Waals surface area contributed by atoms with Crippen molar-refractivity contribution in [2.75, 3.05) is 5.32 Å². The van der Waals surface area contributed by atoms with E-state index in [0.717, 1.165) is 11.3 Å². The number of amides is 1. The number of nitrogens with zero attached hydrogens (tertiary/aromatic N) is 5. The number of rotatable bonds is 7. The maximum Gasteiger partial charge on any atom is 0.293 e. The third-order valence-electron chi connectivity index (χ3n) is 6.08. The summed E-state index contributed by atoms with van der Waals surface area (Å²) in [7, 11) is 0. The number of halogens is 1. The number of oxazole rings is 1. The van der Waals surface area contributed by atoms with E-state index >= 15 is 0 Å². The van der Waals surface area contributed by atoms with Gasteiger partial charge in [0.05, 0.1) is 35.5 Å². The van der Waals surface area contributed by atoms with E-state index in [1.54, 1.807) is 24.6 Å². The molecule has 1 saturated carbocycles. The molecule has 5 rings (SSSR count). The van der Waals surface area contributed by atoms with Crippen molar-refractivity contribution in [3.05, 3.63) is 53.0 Å². The number of aromatic nitrogens is 5. The Morgan fingerprint density at radius 1 is 1.31 bits per heavy atom. The SMILES string of the molecule is Cc1ccc(-c2noc([C@H]3C[C@@H]3F)n2)cc1NC(=O)c1cnc(-c2c(C)nn(CC(C)(C)O)c2C)o1. The summed E-state index contributed by atoms with van der Waals surface area (Å²) in [4.78, 5) is 21.6. The highest BCUT2D eigenvalue weighted by atomic mass is 19.1. The molecule has 1 aliphatic rings. The average Bonchev–Trinajstić information content (AvgIpc) is 3.16. The summed E-state index contributed by atoms with van der Waals surface area (Å²) in [6.07, 6.45) is 0.834. The molecule has 3 aromatic heterocycles. The van der Waals surface area contributed by atoms with Gasteiger partial charge < -0.3 is 19.4 Å². The van der Waals surface area contributed by atoms with Crippen molar-refractivity contribution in [1.29, 1.82) is 0 Å². The molecular weight excluding hydrogens is 467 g/mol. The molecule has 0 spiro atoms. The molecule has 2 atom stereocenters. The van der Waals surface area contributed by atoms with Crippen LogP contribution in [-0.4, -0.2) is 47.7 Å². The highest BCUT2D eigenvalue weighted by Crippen LogP contribution is 2.43. The summed E-state index contributed by atoms with van der Waals surface area (Å²) in [5.74, 6) is 0.123. The van der Waals surface area contributed by atoms with Gasteiger partial charge in [0.1, 0.15) is 6.17 Å². The number of nitrogens with one attached hydrogen (secondary N) is 1. The summed E-state index contributed by atoms with van der Waals surface area (Å²) in [6.45, 7) is 9.26. The summed E-state index contributed by atoms with van der Waals surface area (Å²) in [6, 6.07) is 5.36. The van der Waals surface area contributed by atoms with Crippen LogP contribution in [0.4, 0.5) is 10.1 Å². The van der Waals surface area contributed by atoms with Gasteiger partial charge in [-0.3, -0.25) is 9.48 Å². The van der Waals surface area contributed by atoms with Gasteiger partial charge in [-0.15, -0.1) is 0 Å². The third-order valence-corrected chi connectivity index (χ3v) is 6.08. The summed E-state index contributed by atoms with van der Waals surface area (Å²) >= 11 is 0. The zero-order valence-corrected chi connectivity index (χ0v) is 20.7. The van der Waals surface area contributed by atoms with Crippen molar-refractivity contribution >= 4 is 11.6 Å². The maximum atomic E-state index is 13.3. The van der Waals surface area contributed by atoms with Gasteiger partial charge in [-0.1, -0.05) is 17.3 Å².